The maximum Gasteiger partial charge on any atom is 0.271 e. The first-order valence-corrected chi connectivity index (χ1v) is 5.07. The molecular formula is C11H12FN3O3. The van der Waals surface area contributed by atoms with Gasteiger partial charge in [-0.1, -0.05) is 6.08 Å². The summed E-state index contributed by atoms with van der Waals surface area (Å²) in [5, 5.41) is 12.7. The number of hydrogen-bond acceptors (Lipinski definition) is 4. The van der Waals surface area contributed by atoms with Gasteiger partial charge < -0.3 is 11.1 Å². The van der Waals surface area contributed by atoms with Crippen LogP contribution in [0.2, 0.25) is 0 Å². The van der Waals surface area contributed by atoms with Gasteiger partial charge in [0.25, 0.3) is 5.69 Å². The van der Waals surface area contributed by atoms with Gasteiger partial charge in [0.15, 0.2) is 0 Å². The minimum Gasteiger partial charge on any atom is -0.322 e. The molecule has 1 rings (SSSR count). The molecule has 7 heteroatoms. The van der Waals surface area contributed by atoms with Crippen LogP contribution in [-0.2, 0) is 4.79 Å². The van der Waals surface area contributed by atoms with Crippen LogP contribution in [0.25, 0.3) is 0 Å². The van der Waals surface area contributed by atoms with Crippen LogP contribution < -0.4 is 11.1 Å². The Labute approximate surface area is 102 Å². The molecule has 18 heavy (non-hydrogen) atoms. The number of carbonyl (C=O) groups is 1. The number of non-ortho nitro benzene ring substituents is 1. The maximum atomic E-state index is 13.3. The quantitative estimate of drug-likeness (QED) is 0.472. The van der Waals surface area contributed by atoms with E-state index in [0.717, 1.165) is 18.2 Å². The smallest absolute Gasteiger partial charge is 0.271 e. The highest BCUT2D eigenvalue weighted by atomic mass is 19.1. The molecule has 1 amide bonds. The Hall–Kier alpha value is -2.28. The molecule has 6 nitrogen and oxygen atoms in total. The van der Waals surface area contributed by atoms with E-state index in [4.69, 9.17) is 5.73 Å². The van der Waals surface area contributed by atoms with Crippen molar-refractivity contribution in [1.29, 1.82) is 0 Å². The summed E-state index contributed by atoms with van der Waals surface area (Å²) >= 11 is 0. The summed E-state index contributed by atoms with van der Waals surface area (Å²) < 4.78 is 13.3. The van der Waals surface area contributed by atoms with Crippen molar-refractivity contribution in [2.75, 3.05) is 5.32 Å². The van der Waals surface area contributed by atoms with E-state index in [1.54, 1.807) is 0 Å². The van der Waals surface area contributed by atoms with Crippen LogP contribution in [0.4, 0.5) is 15.8 Å². The van der Waals surface area contributed by atoms with E-state index in [1.807, 2.05) is 0 Å². The standard InChI is InChI=1S/C11H12FN3O3/c1-2-3-9(13)11(16)14-10-6-7(15(17)18)4-5-8(10)12/h2,4-6,9H,1,3,13H2,(H,14,16). The molecule has 0 saturated carbocycles. The van der Waals surface area contributed by atoms with Crippen molar-refractivity contribution in [3.63, 3.8) is 0 Å². The molecule has 0 spiro atoms. The number of carbonyl (C=O) groups excluding carboxylic acids is 1. The zero-order valence-corrected chi connectivity index (χ0v) is 9.43. The maximum absolute atomic E-state index is 13.3. The van der Waals surface area contributed by atoms with Gasteiger partial charge in [-0.3, -0.25) is 14.9 Å². The molecule has 0 radical (unpaired) electrons. The Morgan fingerprint density at radius 1 is 1.67 bits per heavy atom. The first-order chi connectivity index (χ1) is 8.45. The Bertz CT molecular complexity index is 490. The molecule has 0 aromatic heterocycles. The lowest BCUT2D eigenvalue weighted by atomic mass is 10.2. The Morgan fingerprint density at radius 2 is 2.33 bits per heavy atom. The summed E-state index contributed by atoms with van der Waals surface area (Å²) in [6, 6.07) is 1.98. The van der Waals surface area contributed by atoms with Crippen LogP contribution in [0.15, 0.2) is 30.9 Å². The van der Waals surface area contributed by atoms with Crippen molar-refractivity contribution >= 4 is 17.3 Å². The molecule has 1 aromatic carbocycles. The number of nitro groups is 1. The third-order valence-corrected chi connectivity index (χ3v) is 2.18. The Morgan fingerprint density at radius 3 is 2.89 bits per heavy atom. The number of hydrogen-bond donors (Lipinski definition) is 2. The SMILES string of the molecule is C=CCC(N)C(=O)Nc1cc([N+](=O)[O-])ccc1F. The molecular weight excluding hydrogens is 241 g/mol. The van der Waals surface area contributed by atoms with E-state index >= 15 is 0 Å². The zero-order chi connectivity index (χ0) is 13.7. The lowest BCUT2D eigenvalue weighted by Crippen LogP contribution is -2.35. The fourth-order valence-corrected chi connectivity index (χ4v) is 1.23. The topological polar surface area (TPSA) is 98.3 Å². The molecule has 3 N–H and O–H groups in total. The van der Waals surface area contributed by atoms with Gasteiger partial charge in [0.1, 0.15) is 5.82 Å². The van der Waals surface area contributed by atoms with Gasteiger partial charge in [-0.15, -0.1) is 6.58 Å². The third kappa shape index (κ3) is 3.36. The number of nitrogens with one attached hydrogen (secondary N) is 1. The minimum absolute atomic E-state index is 0.225. The molecule has 0 aliphatic rings. The number of halogens is 1. The molecule has 0 heterocycles. The number of amides is 1. The summed E-state index contributed by atoms with van der Waals surface area (Å²) in [6.07, 6.45) is 1.68. The fraction of sp³-hybridized carbons (Fsp3) is 0.182. The number of nitro benzene ring substituents is 1. The van der Waals surface area contributed by atoms with Gasteiger partial charge in [0.05, 0.1) is 16.7 Å². The molecule has 0 bridgehead atoms. The van der Waals surface area contributed by atoms with E-state index in [9.17, 15) is 19.3 Å². The van der Waals surface area contributed by atoms with Crippen LogP contribution in [0, 0.1) is 15.9 Å². The van der Waals surface area contributed by atoms with Crippen molar-refractivity contribution in [3.05, 3.63) is 46.8 Å². The predicted molar refractivity (Wildman–Crippen MR) is 64.5 cm³/mol. The predicted octanol–water partition coefficient (Wildman–Crippen LogP) is 1.58. The molecule has 1 aromatic rings. The highest BCUT2D eigenvalue weighted by Gasteiger charge is 2.16. The number of benzene rings is 1. The summed E-state index contributed by atoms with van der Waals surface area (Å²) in [7, 11) is 0. The van der Waals surface area contributed by atoms with Gasteiger partial charge in [-0.2, -0.15) is 0 Å². The lowest BCUT2D eigenvalue weighted by molar-refractivity contribution is -0.384. The highest BCUT2D eigenvalue weighted by Crippen LogP contribution is 2.21. The molecule has 1 unspecified atom stereocenters. The van der Waals surface area contributed by atoms with E-state index in [0.29, 0.717) is 0 Å². The Balaban J connectivity index is 2.89. The van der Waals surface area contributed by atoms with Crippen molar-refractivity contribution in [2.24, 2.45) is 5.73 Å². The average Bonchev–Trinajstić information content (AvgIpc) is 2.31. The van der Waals surface area contributed by atoms with E-state index < -0.39 is 22.7 Å². The van der Waals surface area contributed by atoms with Gasteiger partial charge in [0.2, 0.25) is 5.91 Å². The van der Waals surface area contributed by atoms with Crippen molar-refractivity contribution in [3.8, 4) is 0 Å². The van der Waals surface area contributed by atoms with Crippen LogP contribution in [-0.4, -0.2) is 16.9 Å². The molecule has 0 fully saturated rings. The minimum atomic E-state index is -0.874. The molecule has 0 saturated heterocycles. The highest BCUT2D eigenvalue weighted by molar-refractivity contribution is 5.95. The second-order valence-corrected chi connectivity index (χ2v) is 3.54. The Kier molecular flexibility index (Phi) is 4.50. The normalized spacial score (nSPS) is 11.7. The van der Waals surface area contributed by atoms with Crippen molar-refractivity contribution < 1.29 is 14.1 Å². The molecule has 96 valence electrons. The molecule has 0 aliphatic heterocycles. The second-order valence-electron chi connectivity index (χ2n) is 3.54. The lowest BCUT2D eigenvalue weighted by Gasteiger charge is -2.10. The average molecular weight is 253 g/mol. The van der Waals surface area contributed by atoms with E-state index in [-0.39, 0.29) is 17.8 Å². The van der Waals surface area contributed by atoms with Gasteiger partial charge in [0, 0.05) is 12.1 Å². The first-order valence-electron chi connectivity index (χ1n) is 5.07. The largest absolute Gasteiger partial charge is 0.322 e. The van der Waals surface area contributed by atoms with Gasteiger partial charge in [-0.05, 0) is 12.5 Å². The van der Waals surface area contributed by atoms with Crippen LogP contribution in [0.1, 0.15) is 6.42 Å². The number of rotatable bonds is 5. The van der Waals surface area contributed by atoms with Crippen LogP contribution in [0.3, 0.4) is 0 Å². The van der Waals surface area contributed by atoms with Crippen LogP contribution in [0.5, 0.6) is 0 Å². The van der Waals surface area contributed by atoms with Gasteiger partial charge in [-0.25, -0.2) is 4.39 Å². The zero-order valence-electron chi connectivity index (χ0n) is 9.43. The van der Waals surface area contributed by atoms with E-state index in [1.165, 1.54) is 6.08 Å². The monoisotopic (exact) mass is 253 g/mol. The first kappa shape index (κ1) is 13.8. The molecule has 1 atom stereocenters. The summed E-state index contributed by atoms with van der Waals surface area (Å²) in [4.78, 5) is 21.4. The number of nitrogens with two attached hydrogens (primary N) is 1. The summed E-state index contributed by atoms with van der Waals surface area (Å²) in [5.74, 6) is -1.39. The van der Waals surface area contributed by atoms with Crippen molar-refractivity contribution in [2.45, 2.75) is 12.5 Å². The van der Waals surface area contributed by atoms with Crippen LogP contribution >= 0.6 is 0 Å². The van der Waals surface area contributed by atoms with Gasteiger partial charge >= 0.3 is 0 Å². The summed E-state index contributed by atoms with van der Waals surface area (Å²) in [5.41, 5.74) is 4.90. The third-order valence-electron chi connectivity index (χ3n) is 2.18. The molecule has 0 aliphatic carbocycles. The summed E-state index contributed by atoms with van der Waals surface area (Å²) in [6.45, 7) is 3.42. The number of nitrogens with zero attached hydrogens (tertiary/aromatic N) is 1. The number of anilines is 1. The fourth-order valence-electron chi connectivity index (χ4n) is 1.23. The second kappa shape index (κ2) is 5.87. The van der Waals surface area contributed by atoms with Crippen molar-refractivity contribution in [1.82, 2.24) is 0 Å². The van der Waals surface area contributed by atoms with E-state index in [2.05, 4.69) is 11.9 Å².